The fourth-order valence-corrected chi connectivity index (χ4v) is 2.70. The van der Waals surface area contributed by atoms with Crippen molar-refractivity contribution >= 4 is 29.0 Å². The third-order valence-corrected chi connectivity index (χ3v) is 3.82. The van der Waals surface area contributed by atoms with Gasteiger partial charge in [0.2, 0.25) is 5.91 Å². The topological polar surface area (TPSA) is 83.2 Å². The van der Waals surface area contributed by atoms with Gasteiger partial charge in [-0.05, 0) is 45.3 Å². The summed E-state index contributed by atoms with van der Waals surface area (Å²) < 4.78 is 5.26. The number of aromatic nitrogens is 1. The van der Waals surface area contributed by atoms with E-state index in [1.807, 2.05) is 50.4 Å². The number of fused-ring (bicyclic) bond motifs is 1. The second-order valence-corrected chi connectivity index (χ2v) is 7.96. The highest BCUT2D eigenvalue weighted by Crippen LogP contribution is 2.18. The summed E-state index contributed by atoms with van der Waals surface area (Å²) in [5.74, 6) is -0.0288. The standard InChI is InChI=1S/C21H29N3O3/c1-14(2)12-18(24-20(26)27-21(3,4)5)19(25)22-11-10-15-13-23-17-9-7-6-8-16(15)17/h6-11,13-14,18,23H,12H2,1-5H3,(H,22,25)(H,24,26)/b11-10-/t18-/m0/s1. The molecule has 0 unspecified atom stereocenters. The molecule has 6 nitrogen and oxygen atoms in total. The average molecular weight is 371 g/mol. The molecule has 0 saturated heterocycles. The van der Waals surface area contributed by atoms with Crippen LogP contribution in [-0.2, 0) is 9.53 Å². The maximum Gasteiger partial charge on any atom is 0.408 e. The van der Waals surface area contributed by atoms with Gasteiger partial charge in [-0.3, -0.25) is 4.79 Å². The molecule has 0 aliphatic heterocycles. The number of H-pyrrole nitrogens is 1. The van der Waals surface area contributed by atoms with Crippen molar-refractivity contribution < 1.29 is 14.3 Å². The largest absolute Gasteiger partial charge is 0.444 e. The van der Waals surface area contributed by atoms with E-state index in [1.165, 1.54) is 0 Å². The molecule has 27 heavy (non-hydrogen) atoms. The van der Waals surface area contributed by atoms with Crippen LogP contribution in [-0.4, -0.2) is 28.6 Å². The van der Waals surface area contributed by atoms with Gasteiger partial charge in [-0.25, -0.2) is 4.79 Å². The van der Waals surface area contributed by atoms with E-state index in [1.54, 1.807) is 27.0 Å². The van der Waals surface area contributed by atoms with E-state index >= 15 is 0 Å². The minimum absolute atomic E-state index is 0.244. The SMILES string of the molecule is CC(C)C[C@H](NC(=O)OC(C)(C)C)C(=O)N/C=C\c1c[nH]c2ccccc12. The molecule has 146 valence electrons. The van der Waals surface area contributed by atoms with Crippen LogP contribution in [0.25, 0.3) is 17.0 Å². The lowest BCUT2D eigenvalue weighted by Gasteiger charge is -2.23. The van der Waals surface area contributed by atoms with E-state index in [0.29, 0.717) is 6.42 Å². The van der Waals surface area contributed by atoms with Gasteiger partial charge in [0, 0.05) is 28.9 Å². The molecule has 1 aromatic heterocycles. The zero-order chi connectivity index (χ0) is 20.0. The molecule has 0 aliphatic carbocycles. The zero-order valence-electron chi connectivity index (χ0n) is 16.6. The Labute approximate surface area is 160 Å². The number of nitrogens with one attached hydrogen (secondary N) is 3. The number of carbonyl (C=O) groups excluding carboxylic acids is 2. The molecule has 0 spiro atoms. The van der Waals surface area contributed by atoms with Crippen molar-refractivity contribution in [2.75, 3.05) is 0 Å². The molecule has 0 aliphatic rings. The summed E-state index contributed by atoms with van der Waals surface area (Å²) in [6.07, 6.45) is 5.24. The van der Waals surface area contributed by atoms with Crippen LogP contribution in [0.4, 0.5) is 4.79 Å². The van der Waals surface area contributed by atoms with Crippen molar-refractivity contribution in [3.63, 3.8) is 0 Å². The molecule has 0 radical (unpaired) electrons. The summed E-state index contributed by atoms with van der Waals surface area (Å²) in [6.45, 7) is 9.35. The van der Waals surface area contributed by atoms with Gasteiger partial charge in [-0.1, -0.05) is 32.0 Å². The van der Waals surface area contributed by atoms with Crippen LogP contribution in [0.2, 0.25) is 0 Å². The molecule has 0 saturated carbocycles. The molecular weight excluding hydrogens is 342 g/mol. The van der Waals surface area contributed by atoms with E-state index in [-0.39, 0.29) is 11.8 Å². The quantitative estimate of drug-likeness (QED) is 0.712. The number of para-hydroxylation sites is 1. The minimum atomic E-state index is -0.660. The minimum Gasteiger partial charge on any atom is -0.444 e. The molecule has 2 aromatic rings. The molecule has 1 atom stereocenters. The van der Waals surface area contributed by atoms with Crippen molar-refractivity contribution in [3.05, 3.63) is 42.2 Å². The first kappa shape index (κ1) is 20.6. The molecule has 1 aromatic carbocycles. The fourth-order valence-electron chi connectivity index (χ4n) is 2.70. The lowest BCUT2D eigenvalue weighted by molar-refractivity contribution is -0.122. The Kier molecular flexibility index (Phi) is 6.66. The highest BCUT2D eigenvalue weighted by molar-refractivity contribution is 5.90. The van der Waals surface area contributed by atoms with Crippen molar-refractivity contribution in [1.82, 2.24) is 15.6 Å². The van der Waals surface area contributed by atoms with Crippen molar-refractivity contribution in [2.24, 2.45) is 5.92 Å². The van der Waals surface area contributed by atoms with Gasteiger partial charge in [0.15, 0.2) is 0 Å². The van der Waals surface area contributed by atoms with Crippen LogP contribution in [0.5, 0.6) is 0 Å². The maximum atomic E-state index is 12.5. The fraction of sp³-hybridized carbons (Fsp3) is 0.429. The Balaban J connectivity index is 2.01. The van der Waals surface area contributed by atoms with E-state index in [9.17, 15) is 9.59 Å². The van der Waals surface area contributed by atoms with Gasteiger partial charge in [0.25, 0.3) is 0 Å². The average Bonchev–Trinajstić information content (AvgIpc) is 2.95. The smallest absolute Gasteiger partial charge is 0.408 e. The summed E-state index contributed by atoms with van der Waals surface area (Å²) in [5.41, 5.74) is 1.40. The van der Waals surface area contributed by atoms with E-state index in [2.05, 4.69) is 15.6 Å². The Bertz CT molecular complexity index is 815. The highest BCUT2D eigenvalue weighted by atomic mass is 16.6. The Morgan fingerprint density at radius 1 is 1.22 bits per heavy atom. The number of carbonyl (C=O) groups is 2. The normalized spacial score (nSPS) is 13.1. The number of ether oxygens (including phenoxy) is 1. The second kappa shape index (κ2) is 8.75. The van der Waals surface area contributed by atoms with Gasteiger partial charge in [-0.15, -0.1) is 0 Å². The molecule has 0 fully saturated rings. The second-order valence-electron chi connectivity index (χ2n) is 7.96. The Morgan fingerprint density at radius 2 is 1.93 bits per heavy atom. The third kappa shape index (κ3) is 6.47. The molecule has 6 heteroatoms. The van der Waals surface area contributed by atoms with Gasteiger partial charge >= 0.3 is 6.09 Å². The monoisotopic (exact) mass is 371 g/mol. The number of aromatic amines is 1. The first-order valence-electron chi connectivity index (χ1n) is 9.18. The number of rotatable bonds is 6. The summed E-state index contributed by atoms with van der Waals surface area (Å²) in [7, 11) is 0. The third-order valence-electron chi connectivity index (χ3n) is 3.82. The van der Waals surface area contributed by atoms with Gasteiger partial charge in [0.1, 0.15) is 11.6 Å². The van der Waals surface area contributed by atoms with Crippen LogP contribution in [0.15, 0.2) is 36.7 Å². The van der Waals surface area contributed by atoms with Crippen LogP contribution < -0.4 is 10.6 Å². The first-order chi connectivity index (χ1) is 12.7. The van der Waals surface area contributed by atoms with Crippen molar-refractivity contribution in [1.29, 1.82) is 0 Å². The van der Waals surface area contributed by atoms with Crippen LogP contribution in [0.3, 0.4) is 0 Å². The van der Waals surface area contributed by atoms with E-state index < -0.39 is 17.7 Å². The van der Waals surface area contributed by atoms with Crippen LogP contribution in [0, 0.1) is 5.92 Å². The summed E-state index contributed by atoms with van der Waals surface area (Å²) >= 11 is 0. The first-order valence-corrected chi connectivity index (χ1v) is 9.18. The van der Waals surface area contributed by atoms with E-state index in [0.717, 1.165) is 16.5 Å². The number of hydrogen-bond donors (Lipinski definition) is 3. The van der Waals surface area contributed by atoms with Crippen molar-refractivity contribution in [2.45, 2.75) is 52.7 Å². The van der Waals surface area contributed by atoms with Gasteiger partial charge in [0.05, 0.1) is 0 Å². The Hall–Kier alpha value is -2.76. The molecule has 1 heterocycles. The summed E-state index contributed by atoms with van der Waals surface area (Å²) in [4.78, 5) is 27.7. The summed E-state index contributed by atoms with van der Waals surface area (Å²) in [5, 5.41) is 6.50. The predicted octanol–water partition coefficient (Wildman–Crippen LogP) is 4.19. The predicted molar refractivity (Wildman–Crippen MR) is 108 cm³/mol. The lowest BCUT2D eigenvalue weighted by Crippen LogP contribution is -2.47. The molecule has 2 rings (SSSR count). The lowest BCUT2D eigenvalue weighted by atomic mass is 10.0. The zero-order valence-corrected chi connectivity index (χ0v) is 16.6. The summed E-state index contributed by atoms with van der Waals surface area (Å²) in [6, 6.07) is 7.28. The van der Waals surface area contributed by atoms with Crippen LogP contribution >= 0.6 is 0 Å². The molecule has 3 N–H and O–H groups in total. The number of benzene rings is 1. The molecule has 0 bridgehead atoms. The number of alkyl carbamates (subject to hydrolysis) is 1. The van der Waals surface area contributed by atoms with E-state index in [4.69, 9.17) is 4.74 Å². The highest BCUT2D eigenvalue weighted by Gasteiger charge is 2.24. The Morgan fingerprint density at radius 3 is 2.59 bits per heavy atom. The van der Waals surface area contributed by atoms with Gasteiger partial charge in [-0.2, -0.15) is 0 Å². The van der Waals surface area contributed by atoms with Crippen LogP contribution in [0.1, 0.15) is 46.6 Å². The maximum absolute atomic E-state index is 12.5. The molecular formula is C21H29N3O3. The number of amides is 2. The van der Waals surface area contributed by atoms with Gasteiger partial charge < -0.3 is 20.4 Å². The molecule has 2 amide bonds. The van der Waals surface area contributed by atoms with Crippen molar-refractivity contribution in [3.8, 4) is 0 Å². The number of hydrogen-bond acceptors (Lipinski definition) is 3.